The quantitative estimate of drug-likeness (QED) is 0.471. The van der Waals surface area contributed by atoms with Gasteiger partial charge in [-0.05, 0) is 30.3 Å². The molecule has 1 aromatic heterocycles. The number of phenolic OH excluding ortho intramolecular Hbond substituents is 1. The lowest BCUT2D eigenvalue weighted by Gasteiger charge is -1.99. The smallest absolute Gasteiger partial charge is 0.256 e. The lowest BCUT2D eigenvalue weighted by molar-refractivity contribution is -0.110. The molecule has 1 amide bonds. The van der Waals surface area contributed by atoms with Gasteiger partial charge >= 0.3 is 0 Å². The van der Waals surface area contributed by atoms with Crippen molar-refractivity contribution in [2.24, 2.45) is 0 Å². The van der Waals surface area contributed by atoms with E-state index in [2.05, 4.69) is 10.3 Å². The molecular weight excluding hydrogens is 264 g/mol. The highest BCUT2D eigenvalue weighted by Gasteiger charge is 2.24. The number of phenols is 1. The van der Waals surface area contributed by atoms with Crippen molar-refractivity contribution in [1.29, 1.82) is 0 Å². The van der Waals surface area contributed by atoms with E-state index in [1.807, 2.05) is 36.5 Å². The molecule has 3 aromatic rings. The molecule has 0 saturated carbocycles. The molecule has 0 bridgehead atoms. The van der Waals surface area contributed by atoms with Crippen LogP contribution in [0.3, 0.4) is 0 Å². The Kier molecular flexibility index (Phi) is 2.38. The number of hydrogen-bond acceptors (Lipinski definition) is 2. The number of carbonyl (C=O) groups excluding carboxylic acids is 1. The third-order valence-corrected chi connectivity index (χ3v) is 3.71. The second-order valence-electron chi connectivity index (χ2n) is 5.03. The largest absolute Gasteiger partial charge is 0.508 e. The topological polar surface area (TPSA) is 65.1 Å². The summed E-state index contributed by atoms with van der Waals surface area (Å²) in [7, 11) is 0. The number of rotatable bonds is 1. The van der Waals surface area contributed by atoms with E-state index in [1.165, 1.54) is 0 Å². The predicted octanol–water partition coefficient (Wildman–Crippen LogP) is 3.37. The van der Waals surface area contributed by atoms with Crippen molar-refractivity contribution >= 4 is 34.1 Å². The number of aromatic amines is 1. The third kappa shape index (κ3) is 1.80. The lowest BCUT2D eigenvalue weighted by Crippen LogP contribution is -2.03. The highest BCUT2D eigenvalue weighted by Crippen LogP contribution is 2.36. The fourth-order valence-corrected chi connectivity index (χ4v) is 2.69. The summed E-state index contributed by atoms with van der Waals surface area (Å²) in [6.45, 7) is 0. The third-order valence-electron chi connectivity index (χ3n) is 3.71. The zero-order valence-corrected chi connectivity index (χ0v) is 11.1. The van der Waals surface area contributed by atoms with Crippen LogP contribution in [0.15, 0.2) is 48.7 Å². The van der Waals surface area contributed by atoms with Crippen LogP contribution in [0.25, 0.3) is 22.6 Å². The summed E-state index contributed by atoms with van der Waals surface area (Å²) in [5, 5.41) is 13.5. The van der Waals surface area contributed by atoms with Gasteiger partial charge in [0.05, 0.1) is 0 Å². The average Bonchev–Trinajstić information content (AvgIpc) is 3.02. The first-order chi connectivity index (χ1) is 10.2. The first-order valence-corrected chi connectivity index (χ1v) is 6.65. The van der Waals surface area contributed by atoms with Crippen LogP contribution in [0.2, 0.25) is 0 Å². The molecule has 0 unspecified atom stereocenters. The highest BCUT2D eigenvalue weighted by atomic mass is 16.3. The Balaban J connectivity index is 1.90. The molecule has 0 saturated heterocycles. The fraction of sp³-hybridized carbons (Fsp3) is 0. The number of aromatic nitrogens is 1. The van der Waals surface area contributed by atoms with Crippen LogP contribution in [0.5, 0.6) is 5.75 Å². The molecule has 0 fully saturated rings. The number of carbonyl (C=O) groups is 1. The highest BCUT2D eigenvalue weighted by molar-refractivity contribution is 6.35. The first kappa shape index (κ1) is 11.8. The second kappa shape index (κ2) is 4.24. The molecule has 1 aliphatic rings. The van der Waals surface area contributed by atoms with E-state index in [1.54, 1.807) is 18.2 Å². The normalized spacial score (nSPS) is 15.4. The molecule has 2 aromatic carbocycles. The molecule has 102 valence electrons. The number of H-pyrrole nitrogens is 1. The van der Waals surface area contributed by atoms with E-state index in [4.69, 9.17) is 0 Å². The number of amides is 1. The van der Waals surface area contributed by atoms with Gasteiger partial charge in [0.2, 0.25) is 0 Å². The Hall–Kier alpha value is -3.01. The van der Waals surface area contributed by atoms with Crippen molar-refractivity contribution in [2.75, 3.05) is 5.32 Å². The average molecular weight is 276 g/mol. The number of anilines is 1. The van der Waals surface area contributed by atoms with E-state index in [0.717, 1.165) is 27.7 Å². The summed E-state index contributed by atoms with van der Waals surface area (Å²) < 4.78 is 0. The van der Waals surface area contributed by atoms with E-state index in [-0.39, 0.29) is 11.7 Å². The van der Waals surface area contributed by atoms with Gasteiger partial charge in [-0.15, -0.1) is 0 Å². The van der Waals surface area contributed by atoms with Gasteiger partial charge < -0.3 is 15.4 Å². The number of benzene rings is 2. The molecule has 4 heteroatoms. The van der Waals surface area contributed by atoms with Gasteiger partial charge in [0.1, 0.15) is 5.75 Å². The molecule has 1 aliphatic heterocycles. The number of hydrogen-bond donors (Lipinski definition) is 3. The summed E-state index contributed by atoms with van der Waals surface area (Å²) >= 11 is 0. The van der Waals surface area contributed by atoms with Gasteiger partial charge in [-0.3, -0.25) is 4.79 Å². The summed E-state index contributed by atoms with van der Waals surface area (Å²) in [6.07, 6.45) is 3.73. The molecule has 0 atom stereocenters. The number of fused-ring (bicyclic) bond motifs is 2. The van der Waals surface area contributed by atoms with Crippen LogP contribution >= 0.6 is 0 Å². The maximum Gasteiger partial charge on any atom is 0.256 e. The molecular formula is C17H12N2O2. The number of aromatic hydroxyl groups is 1. The maximum atomic E-state index is 12.1. The minimum Gasteiger partial charge on any atom is -0.508 e. The molecule has 3 N–H and O–H groups in total. The monoisotopic (exact) mass is 276 g/mol. The standard InChI is InChI=1S/C17H12N2O2/c20-11-5-6-16-13(8-11)14(17(21)19-16)7-10-9-18-15-4-2-1-3-12(10)15/h1-9,18,20H,(H,19,21)/b14-7-. The molecule has 0 radical (unpaired) electrons. The van der Waals surface area contributed by atoms with Crippen molar-refractivity contribution in [1.82, 2.24) is 4.98 Å². The van der Waals surface area contributed by atoms with Crippen LogP contribution in [0, 0.1) is 0 Å². The minimum absolute atomic E-state index is 0.148. The van der Waals surface area contributed by atoms with Crippen LogP contribution in [0.1, 0.15) is 11.1 Å². The zero-order chi connectivity index (χ0) is 14.4. The Morgan fingerprint density at radius 1 is 1.10 bits per heavy atom. The van der Waals surface area contributed by atoms with Crippen molar-refractivity contribution in [3.05, 3.63) is 59.8 Å². The van der Waals surface area contributed by atoms with Crippen molar-refractivity contribution in [3.63, 3.8) is 0 Å². The van der Waals surface area contributed by atoms with Crippen molar-refractivity contribution in [3.8, 4) is 5.75 Å². The Labute approximate surface area is 120 Å². The summed E-state index contributed by atoms with van der Waals surface area (Å²) in [5.74, 6) is -0.00374. The van der Waals surface area contributed by atoms with E-state index in [0.29, 0.717) is 5.57 Å². The molecule has 2 heterocycles. The van der Waals surface area contributed by atoms with E-state index in [9.17, 15) is 9.90 Å². The fourth-order valence-electron chi connectivity index (χ4n) is 2.69. The molecule has 21 heavy (non-hydrogen) atoms. The first-order valence-electron chi connectivity index (χ1n) is 6.65. The van der Waals surface area contributed by atoms with Gasteiger partial charge in [-0.2, -0.15) is 0 Å². The molecule has 4 rings (SSSR count). The van der Waals surface area contributed by atoms with Crippen molar-refractivity contribution in [2.45, 2.75) is 0 Å². The van der Waals surface area contributed by atoms with Crippen LogP contribution in [-0.2, 0) is 4.79 Å². The van der Waals surface area contributed by atoms with Gasteiger partial charge in [0.25, 0.3) is 5.91 Å². The maximum absolute atomic E-state index is 12.1. The molecule has 0 aliphatic carbocycles. The second-order valence-corrected chi connectivity index (χ2v) is 5.03. The lowest BCUT2D eigenvalue weighted by atomic mass is 10.0. The molecule has 4 nitrogen and oxygen atoms in total. The van der Waals surface area contributed by atoms with Crippen molar-refractivity contribution < 1.29 is 9.90 Å². The Morgan fingerprint density at radius 3 is 2.86 bits per heavy atom. The predicted molar refractivity (Wildman–Crippen MR) is 82.9 cm³/mol. The van der Waals surface area contributed by atoms with Gasteiger partial charge in [-0.1, -0.05) is 18.2 Å². The number of nitrogens with one attached hydrogen (secondary N) is 2. The Bertz CT molecular complexity index is 906. The van der Waals surface area contributed by atoms with E-state index < -0.39 is 0 Å². The minimum atomic E-state index is -0.152. The van der Waals surface area contributed by atoms with Crippen LogP contribution < -0.4 is 5.32 Å². The van der Waals surface area contributed by atoms with Gasteiger partial charge in [0, 0.05) is 39.5 Å². The van der Waals surface area contributed by atoms with Crippen LogP contribution in [-0.4, -0.2) is 16.0 Å². The Morgan fingerprint density at radius 2 is 1.95 bits per heavy atom. The number of para-hydroxylation sites is 1. The summed E-state index contributed by atoms with van der Waals surface area (Å²) in [4.78, 5) is 15.3. The van der Waals surface area contributed by atoms with Gasteiger partial charge in [0.15, 0.2) is 0 Å². The summed E-state index contributed by atoms with van der Waals surface area (Å²) in [5.41, 5.74) is 3.99. The molecule has 0 spiro atoms. The summed E-state index contributed by atoms with van der Waals surface area (Å²) in [6, 6.07) is 12.8. The van der Waals surface area contributed by atoms with E-state index >= 15 is 0 Å². The zero-order valence-electron chi connectivity index (χ0n) is 11.1. The van der Waals surface area contributed by atoms with Crippen LogP contribution in [0.4, 0.5) is 5.69 Å². The van der Waals surface area contributed by atoms with Gasteiger partial charge in [-0.25, -0.2) is 0 Å². The SMILES string of the molecule is O=C1Nc2ccc(O)cc2/C1=C/c1c[nH]c2ccccc12.